The molecule has 7 heteroatoms. The molecule has 130 valence electrons. The van der Waals surface area contributed by atoms with Crippen LogP contribution in [-0.4, -0.2) is 18.8 Å². The summed E-state index contributed by atoms with van der Waals surface area (Å²) in [6.07, 6.45) is 0.643. The van der Waals surface area contributed by atoms with E-state index in [0.717, 1.165) is 5.56 Å². The third-order valence-corrected chi connectivity index (χ3v) is 6.48. The van der Waals surface area contributed by atoms with Gasteiger partial charge in [0.1, 0.15) is 11.5 Å². The second-order valence-corrected chi connectivity index (χ2v) is 8.23. The fourth-order valence-electron chi connectivity index (χ4n) is 4.93. The van der Waals surface area contributed by atoms with Crippen molar-refractivity contribution in [1.82, 2.24) is 0 Å². The zero-order valence-electron chi connectivity index (χ0n) is 18.3. The summed E-state index contributed by atoms with van der Waals surface area (Å²) >= 11 is 0. The fourth-order valence-corrected chi connectivity index (χ4v) is 5.22. The molecule has 2 fully saturated rings. The number of carbonyl (C=O) groups excluding carboxylic acids is 1. The Kier molecular flexibility index (Phi) is 3.89. The molecular formula is C18H21NaO5S. The Morgan fingerprint density at radius 2 is 2.16 bits per heavy atom. The van der Waals surface area contributed by atoms with Crippen molar-refractivity contribution in [3.05, 3.63) is 29.3 Å². The quantitative estimate of drug-likeness (QED) is 0.411. The Hall–Kier alpha value is -0.400. The molecule has 0 aliphatic heterocycles. The van der Waals surface area contributed by atoms with Gasteiger partial charge in [-0.1, -0.05) is 13.0 Å². The smallest absolute Gasteiger partial charge is 0.716 e. The Morgan fingerprint density at radius 3 is 2.88 bits per heavy atom. The summed E-state index contributed by atoms with van der Waals surface area (Å²) in [4.78, 5) is 12.7. The molecule has 0 aromatic heterocycles. The summed E-state index contributed by atoms with van der Waals surface area (Å²) in [5.41, 5.74) is 0.658. The van der Waals surface area contributed by atoms with Crippen LogP contribution < -0.4 is 33.7 Å². The summed E-state index contributed by atoms with van der Waals surface area (Å²) in [6, 6.07) is 0.903. The minimum Gasteiger partial charge on any atom is -0.716 e. The first-order valence-electron chi connectivity index (χ1n) is 10.2. The van der Waals surface area contributed by atoms with Gasteiger partial charge < -0.3 is 8.74 Å². The largest absolute Gasteiger partial charge is 1.00 e. The van der Waals surface area contributed by atoms with Gasteiger partial charge in [-0.05, 0) is 73.1 Å². The van der Waals surface area contributed by atoms with Gasteiger partial charge in [-0.2, -0.15) is 0 Å². The van der Waals surface area contributed by atoms with Crippen molar-refractivity contribution in [3.8, 4) is 5.75 Å². The van der Waals surface area contributed by atoms with E-state index in [9.17, 15) is 17.8 Å². The van der Waals surface area contributed by atoms with E-state index in [-0.39, 0.29) is 71.6 Å². The molecule has 0 N–H and O–H groups in total. The maximum Gasteiger partial charge on any atom is 1.00 e. The molecule has 0 bridgehead atoms. The van der Waals surface area contributed by atoms with Gasteiger partial charge in [0.25, 0.3) is 10.4 Å². The molecule has 5 nitrogen and oxygen atoms in total. The molecule has 0 heterocycles. The average molecular weight is 376 g/mol. The molecule has 1 aromatic carbocycles. The van der Waals surface area contributed by atoms with E-state index in [0.29, 0.717) is 31.2 Å². The number of rotatable bonds is 2. The van der Waals surface area contributed by atoms with E-state index in [1.165, 1.54) is 6.07 Å². The summed E-state index contributed by atoms with van der Waals surface area (Å²) in [7, 11) is -5.08. The van der Waals surface area contributed by atoms with Gasteiger partial charge in [0.05, 0.1) is 2.74 Å². The van der Waals surface area contributed by atoms with E-state index in [1.807, 2.05) is 6.92 Å². The molecule has 2 saturated carbocycles. The summed E-state index contributed by atoms with van der Waals surface area (Å²) in [5.74, 6) is -0.902. The van der Waals surface area contributed by atoms with Crippen molar-refractivity contribution < 1.29 is 57.0 Å². The van der Waals surface area contributed by atoms with Crippen molar-refractivity contribution in [2.45, 2.75) is 51.3 Å². The topological polar surface area (TPSA) is 83.5 Å². The van der Waals surface area contributed by atoms with Crippen molar-refractivity contribution >= 4 is 16.2 Å². The fraction of sp³-hybridized carbons (Fsp3) is 0.611. The molecule has 0 spiro atoms. The maximum absolute atomic E-state index is 12.7. The zero-order valence-corrected chi connectivity index (χ0v) is 17.1. The number of hydrogen-bond donors (Lipinski definition) is 0. The minimum atomic E-state index is -5.08. The second kappa shape index (κ2) is 6.64. The Labute approximate surface area is 176 Å². The van der Waals surface area contributed by atoms with Crippen LogP contribution in [0, 0.1) is 17.3 Å². The molecule has 4 rings (SSSR count). The number of fused-ring (bicyclic) bond motifs is 5. The molecule has 3 aliphatic carbocycles. The third kappa shape index (κ3) is 3.32. The predicted molar refractivity (Wildman–Crippen MR) is 86.4 cm³/mol. The van der Waals surface area contributed by atoms with Gasteiger partial charge in [0.15, 0.2) is 0 Å². The third-order valence-electron chi connectivity index (χ3n) is 6.11. The number of carbonyl (C=O) groups is 1. The normalized spacial score (nSPS) is 38.0. The van der Waals surface area contributed by atoms with Crippen molar-refractivity contribution in [2.24, 2.45) is 17.3 Å². The van der Waals surface area contributed by atoms with Crippen molar-refractivity contribution in [1.29, 1.82) is 0 Å². The van der Waals surface area contributed by atoms with Crippen LogP contribution in [0.15, 0.2) is 18.2 Å². The van der Waals surface area contributed by atoms with E-state index in [1.54, 1.807) is 0 Å². The second-order valence-electron chi connectivity index (χ2n) is 7.25. The first-order valence-corrected chi connectivity index (χ1v) is 9.52. The summed E-state index contributed by atoms with van der Waals surface area (Å²) in [6.45, 7) is 1.86. The molecule has 0 saturated heterocycles. The average Bonchev–Trinajstić information content (AvgIpc) is 2.77. The van der Waals surface area contributed by atoms with Gasteiger partial charge in [0, 0.05) is 14.5 Å². The van der Waals surface area contributed by atoms with Gasteiger partial charge >= 0.3 is 29.6 Å². The standard InChI is InChI=1S/C18H22O5S.Na/c1-18-9-8-14-13-5-3-12(23-24(20,21)22)10-11(13)2-4-15(14)16(18)6-7-17(18)19;/h3,5,10,14-16H,2,4,6-9H2,1H3,(H,20,21,22);/q;+1/p-1/i3D,7D2,10D;. The number of ketones is 1. The SMILES string of the molecule is [2H]c1cc2c(c([2H])c1OS(=O)(=O)[O-])CCC1C2CCC2(C)C(=O)C([2H])([2H])CC12.[Na+]. The van der Waals surface area contributed by atoms with Crippen LogP contribution in [-0.2, 0) is 21.6 Å². The number of benzene rings is 1. The molecule has 0 radical (unpaired) electrons. The summed E-state index contributed by atoms with van der Waals surface area (Å²) in [5, 5.41) is 0. The van der Waals surface area contributed by atoms with Crippen LogP contribution in [0.1, 0.15) is 61.5 Å². The first kappa shape index (κ1) is 14.6. The van der Waals surface area contributed by atoms with E-state index < -0.39 is 27.9 Å². The monoisotopic (exact) mass is 376 g/mol. The van der Waals surface area contributed by atoms with Crippen LogP contribution in [0.4, 0.5) is 0 Å². The van der Waals surface area contributed by atoms with Crippen molar-refractivity contribution in [2.75, 3.05) is 0 Å². The molecule has 4 atom stereocenters. The van der Waals surface area contributed by atoms with Crippen LogP contribution in [0.3, 0.4) is 0 Å². The van der Waals surface area contributed by atoms with Crippen LogP contribution >= 0.6 is 0 Å². The van der Waals surface area contributed by atoms with Gasteiger partial charge in [-0.15, -0.1) is 0 Å². The molecule has 25 heavy (non-hydrogen) atoms. The Balaban J connectivity index is 0.00000240. The van der Waals surface area contributed by atoms with Gasteiger partial charge in [-0.3, -0.25) is 4.79 Å². The van der Waals surface area contributed by atoms with E-state index in [4.69, 9.17) is 5.48 Å². The predicted octanol–water partition coefficient (Wildman–Crippen LogP) is -0.0452. The van der Waals surface area contributed by atoms with Crippen LogP contribution in [0.2, 0.25) is 0 Å². The van der Waals surface area contributed by atoms with Gasteiger partial charge in [-0.25, -0.2) is 8.42 Å². The van der Waals surface area contributed by atoms with E-state index >= 15 is 0 Å². The van der Waals surface area contributed by atoms with Crippen LogP contribution in [0.25, 0.3) is 0 Å². The number of hydrogen-bond acceptors (Lipinski definition) is 5. The molecule has 1 aromatic rings. The molecule has 3 aliphatic rings. The number of Topliss-reactive ketones (excluding diaryl/α,β-unsaturated/α-hetero) is 1. The summed E-state index contributed by atoms with van der Waals surface area (Å²) < 4.78 is 69.7. The molecule has 4 unspecified atom stereocenters. The molecular weight excluding hydrogens is 351 g/mol. The minimum absolute atomic E-state index is 0. The molecule has 0 amide bonds. The van der Waals surface area contributed by atoms with Crippen molar-refractivity contribution in [3.63, 3.8) is 0 Å². The first-order chi connectivity index (χ1) is 12.8. The van der Waals surface area contributed by atoms with Crippen LogP contribution in [0.5, 0.6) is 5.75 Å². The Bertz CT molecular complexity index is 983. The van der Waals surface area contributed by atoms with Gasteiger partial charge in [0.2, 0.25) is 0 Å². The van der Waals surface area contributed by atoms with E-state index in [2.05, 4.69) is 4.18 Å². The maximum atomic E-state index is 12.7. The zero-order chi connectivity index (χ0) is 20.6. The Morgan fingerprint density at radius 1 is 1.40 bits per heavy atom.